The summed E-state index contributed by atoms with van der Waals surface area (Å²) in [4.78, 5) is 13.0. The van der Waals surface area contributed by atoms with Crippen molar-refractivity contribution >= 4 is 31.9 Å². The molecule has 0 bridgehead atoms. The molecule has 5 nitrogen and oxygen atoms in total. The summed E-state index contributed by atoms with van der Waals surface area (Å²) < 4.78 is 67.2. The second kappa shape index (κ2) is 8.93. The number of amides is 1. The molecular weight excluding hydrogens is 473 g/mol. The molecule has 162 valence electrons. The first-order valence-corrected chi connectivity index (χ1v) is 12.0. The largest absolute Gasteiger partial charge is 0.391 e. The van der Waals surface area contributed by atoms with Crippen molar-refractivity contribution in [3.63, 3.8) is 0 Å². The van der Waals surface area contributed by atoms with E-state index in [1.807, 2.05) is 0 Å². The van der Waals surface area contributed by atoms with Crippen molar-refractivity contribution in [3.05, 3.63) is 28.7 Å². The monoisotopic (exact) mass is 496 g/mol. The molecule has 1 heterocycles. The Morgan fingerprint density at radius 1 is 1.07 bits per heavy atom. The van der Waals surface area contributed by atoms with Crippen molar-refractivity contribution in [2.24, 2.45) is 5.92 Å². The maximum atomic E-state index is 13.1. The molecule has 29 heavy (non-hydrogen) atoms. The van der Waals surface area contributed by atoms with Gasteiger partial charge in [-0.3, -0.25) is 4.79 Å². The molecule has 1 amide bonds. The molecule has 1 saturated heterocycles. The van der Waals surface area contributed by atoms with Crippen molar-refractivity contribution < 1.29 is 26.4 Å². The van der Waals surface area contributed by atoms with Crippen LogP contribution in [0.4, 0.5) is 13.2 Å². The zero-order chi connectivity index (χ0) is 21.2. The molecule has 2 aliphatic rings. The minimum atomic E-state index is -4.27. The average Bonchev–Trinajstić information content (AvgIpc) is 2.68. The van der Waals surface area contributed by atoms with Gasteiger partial charge in [-0.05, 0) is 56.4 Å². The molecule has 3 atom stereocenters. The van der Waals surface area contributed by atoms with E-state index in [-0.39, 0.29) is 24.3 Å². The molecule has 0 spiro atoms. The maximum Gasteiger partial charge on any atom is 0.391 e. The van der Waals surface area contributed by atoms with Crippen LogP contribution in [0.25, 0.3) is 0 Å². The van der Waals surface area contributed by atoms with Gasteiger partial charge in [0.15, 0.2) is 0 Å². The van der Waals surface area contributed by atoms with Crippen LogP contribution in [-0.4, -0.2) is 43.4 Å². The molecule has 1 N–H and O–H groups in total. The van der Waals surface area contributed by atoms with Crippen LogP contribution in [0.2, 0.25) is 0 Å². The lowest BCUT2D eigenvalue weighted by Gasteiger charge is -2.36. The molecule has 1 aliphatic heterocycles. The molecule has 1 saturated carbocycles. The van der Waals surface area contributed by atoms with Gasteiger partial charge in [0.25, 0.3) is 0 Å². The third-order valence-electron chi connectivity index (χ3n) is 5.66. The smallest absolute Gasteiger partial charge is 0.352 e. The van der Waals surface area contributed by atoms with Crippen molar-refractivity contribution in [2.45, 2.75) is 68.1 Å². The number of rotatable bonds is 4. The van der Waals surface area contributed by atoms with E-state index < -0.39 is 40.1 Å². The summed E-state index contributed by atoms with van der Waals surface area (Å²) in [6, 6.07) is 4.69. The molecule has 2 fully saturated rings. The molecule has 0 aromatic heterocycles. The summed E-state index contributed by atoms with van der Waals surface area (Å²) in [6.45, 7) is 0.215. The van der Waals surface area contributed by atoms with Gasteiger partial charge in [0.2, 0.25) is 15.9 Å². The van der Waals surface area contributed by atoms with Gasteiger partial charge in [-0.25, -0.2) is 8.42 Å². The van der Waals surface area contributed by atoms with Crippen molar-refractivity contribution in [1.82, 2.24) is 9.62 Å². The fourth-order valence-corrected chi connectivity index (χ4v) is 6.03. The highest BCUT2D eigenvalue weighted by Gasteiger charge is 2.43. The van der Waals surface area contributed by atoms with E-state index in [1.54, 1.807) is 12.1 Å². The SMILES string of the molecule is O=C(NC1CCCC(C(F)(F)F)C1)C1CCCCN1S(=O)(=O)c1ccc(Br)cc1. The number of carbonyl (C=O) groups is 1. The molecule has 0 radical (unpaired) electrons. The van der Waals surface area contributed by atoms with E-state index in [2.05, 4.69) is 21.2 Å². The van der Waals surface area contributed by atoms with Crippen molar-refractivity contribution in [1.29, 1.82) is 0 Å². The van der Waals surface area contributed by atoms with Gasteiger partial charge < -0.3 is 5.32 Å². The number of halogens is 4. The minimum Gasteiger partial charge on any atom is -0.352 e. The predicted octanol–water partition coefficient (Wildman–Crippen LogP) is 4.23. The number of hydrogen-bond donors (Lipinski definition) is 1. The number of benzene rings is 1. The summed E-state index contributed by atoms with van der Waals surface area (Å²) in [7, 11) is -3.88. The lowest BCUT2D eigenvalue weighted by molar-refractivity contribution is -0.184. The summed E-state index contributed by atoms with van der Waals surface area (Å²) in [5.41, 5.74) is 0. The molecular formula is C19H24BrF3N2O3S. The summed E-state index contributed by atoms with van der Waals surface area (Å²) in [5.74, 6) is -1.92. The Kier molecular flexibility index (Phi) is 6.95. The maximum absolute atomic E-state index is 13.1. The topological polar surface area (TPSA) is 66.5 Å². The Morgan fingerprint density at radius 2 is 1.76 bits per heavy atom. The van der Waals surface area contributed by atoms with Crippen LogP contribution in [0.1, 0.15) is 44.9 Å². The highest BCUT2D eigenvalue weighted by molar-refractivity contribution is 9.10. The van der Waals surface area contributed by atoms with Crippen LogP contribution in [0.3, 0.4) is 0 Å². The second-order valence-electron chi connectivity index (χ2n) is 7.69. The lowest BCUT2D eigenvalue weighted by Crippen LogP contribution is -2.54. The highest BCUT2D eigenvalue weighted by atomic mass is 79.9. The first-order valence-electron chi connectivity index (χ1n) is 9.73. The third-order valence-corrected chi connectivity index (χ3v) is 8.11. The van der Waals surface area contributed by atoms with Crippen molar-refractivity contribution in [3.8, 4) is 0 Å². The Morgan fingerprint density at radius 3 is 2.41 bits per heavy atom. The van der Waals surface area contributed by atoms with E-state index in [1.165, 1.54) is 16.4 Å². The van der Waals surface area contributed by atoms with Crippen molar-refractivity contribution in [2.75, 3.05) is 6.54 Å². The quantitative estimate of drug-likeness (QED) is 0.678. The number of piperidine rings is 1. The summed E-state index contributed by atoms with van der Waals surface area (Å²) in [5, 5.41) is 2.70. The van der Waals surface area contributed by atoms with Gasteiger partial charge in [-0.1, -0.05) is 28.8 Å². The van der Waals surface area contributed by atoms with Crippen LogP contribution in [0.5, 0.6) is 0 Å². The number of nitrogens with one attached hydrogen (secondary N) is 1. The zero-order valence-corrected chi connectivity index (χ0v) is 18.2. The standard InChI is InChI=1S/C19H24BrF3N2O3S/c20-14-7-9-16(10-8-14)29(27,28)25-11-2-1-6-17(25)18(26)24-15-5-3-4-13(12-15)19(21,22)23/h7-10,13,15,17H,1-6,11-12H2,(H,24,26). The first kappa shape index (κ1) is 22.6. The van der Waals surface area contributed by atoms with Crippen LogP contribution >= 0.6 is 15.9 Å². The summed E-state index contributed by atoms with van der Waals surface area (Å²) in [6.07, 6.45) is -1.79. The van der Waals surface area contributed by atoms with Crippen LogP contribution in [-0.2, 0) is 14.8 Å². The van der Waals surface area contributed by atoms with E-state index in [4.69, 9.17) is 0 Å². The van der Waals surface area contributed by atoms with Gasteiger partial charge in [-0.2, -0.15) is 17.5 Å². The van der Waals surface area contributed by atoms with Gasteiger partial charge in [-0.15, -0.1) is 0 Å². The average molecular weight is 497 g/mol. The Hall–Kier alpha value is -1.13. The Bertz CT molecular complexity index is 830. The molecule has 1 aliphatic carbocycles. The van der Waals surface area contributed by atoms with Gasteiger partial charge >= 0.3 is 6.18 Å². The van der Waals surface area contributed by atoms with Crippen LogP contribution in [0, 0.1) is 5.92 Å². The second-order valence-corrected chi connectivity index (χ2v) is 10.5. The Labute approximate surface area is 177 Å². The predicted molar refractivity (Wildman–Crippen MR) is 106 cm³/mol. The van der Waals surface area contributed by atoms with Crippen LogP contribution in [0.15, 0.2) is 33.6 Å². The molecule has 3 unspecified atom stereocenters. The third kappa shape index (κ3) is 5.32. The zero-order valence-electron chi connectivity index (χ0n) is 15.8. The molecule has 1 aromatic carbocycles. The minimum absolute atomic E-state index is 0.0728. The van der Waals surface area contributed by atoms with E-state index >= 15 is 0 Å². The fraction of sp³-hybridized carbons (Fsp3) is 0.632. The van der Waals surface area contributed by atoms with Gasteiger partial charge in [0.1, 0.15) is 6.04 Å². The molecule has 10 heteroatoms. The number of hydrogen-bond acceptors (Lipinski definition) is 3. The van der Waals surface area contributed by atoms with Gasteiger partial charge in [0, 0.05) is 17.1 Å². The fourth-order valence-electron chi connectivity index (χ4n) is 4.11. The van der Waals surface area contributed by atoms with E-state index in [0.29, 0.717) is 32.1 Å². The Balaban J connectivity index is 1.73. The van der Waals surface area contributed by atoms with Crippen LogP contribution < -0.4 is 5.32 Å². The van der Waals surface area contributed by atoms with E-state index in [9.17, 15) is 26.4 Å². The number of sulfonamides is 1. The summed E-state index contributed by atoms with van der Waals surface area (Å²) >= 11 is 3.26. The normalized spacial score (nSPS) is 26.8. The molecule has 1 aromatic rings. The highest BCUT2D eigenvalue weighted by Crippen LogP contribution is 2.37. The van der Waals surface area contributed by atoms with E-state index in [0.717, 1.165) is 4.47 Å². The lowest BCUT2D eigenvalue weighted by atomic mass is 9.85. The van der Waals surface area contributed by atoms with Gasteiger partial charge in [0.05, 0.1) is 10.8 Å². The number of carbonyl (C=O) groups excluding carboxylic acids is 1. The number of nitrogens with zero attached hydrogens (tertiary/aromatic N) is 1. The number of alkyl halides is 3. The first-order chi connectivity index (χ1) is 13.6. The molecule has 3 rings (SSSR count).